The van der Waals surface area contributed by atoms with E-state index >= 15 is 0 Å². The summed E-state index contributed by atoms with van der Waals surface area (Å²) in [5.41, 5.74) is 2.31. The highest BCUT2D eigenvalue weighted by Gasteiger charge is 2.21. The Balaban J connectivity index is 1.49. The number of rotatable bonds is 5. The van der Waals surface area contributed by atoms with Crippen LogP contribution in [0.1, 0.15) is 29.6 Å². The average Bonchev–Trinajstić information content (AvgIpc) is 2.93. The molecule has 3 heterocycles. The van der Waals surface area contributed by atoms with Crippen molar-refractivity contribution < 1.29 is 9.53 Å². The van der Waals surface area contributed by atoms with Crippen molar-refractivity contribution in [2.24, 2.45) is 0 Å². The summed E-state index contributed by atoms with van der Waals surface area (Å²) in [6, 6.07) is 5.62. The lowest BCUT2D eigenvalue weighted by Gasteiger charge is -2.29. The second kappa shape index (κ2) is 9.60. The number of carbonyl (C=O) groups excluding carboxylic acids is 1. The molecule has 0 atom stereocenters. The minimum absolute atomic E-state index is 0.0738. The fourth-order valence-electron chi connectivity index (χ4n) is 4.23. The SMILES string of the molecule is COc1cc(C(=O)NC2CCN(C)CC2)ccc1Nc1ncc2c(n1)N(C)CCCN2C. The first kappa shape index (κ1) is 22.1. The Kier molecular flexibility index (Phi) is 6.64. The Morgan fingerprint density at radius 3 is 2.59 bits per heavy atom. The largest absolute Gasteiger partial charge is 0.495 e. The Hall–Kier alpha value is -3.07. The monoisotopic (exact) mass is 439 g/mol. The van der Waals surface area contributed by atoms with Crippen molar-refractivity contribution in [3.63, 3.8) is 0 Å². The highest BCUT2D eigenvalue weighted by atomic mass is 16.5. The van der Waals surface area contributed by atoms with Gasteiger partial charge in [0, 0.05) is 38.8 Å². The molecule has 32 heavy (non-hydrogen) atoms. The molecule has 0 aliphatic carbocycles. The van der Waals surface area contributed by atoms with Gasteiger partial charge in [0.1, 0.15) is 5.75 Å². The van der Waals surface area contributed by atoms with E-state index in [9.17, 15) is 4.79 Å². The number of methoxy groups -OCH3 is 1. The molecule has 2 N–H and O–H groups in total. The quantitative estimate of drug-likeness (QED) is 0.734. The highest BCUT2D eigenvalue weighted by molar-refractivity contribution is 5.95. The molecule has 0 radical (unpaired) electrons. The minimum Gasteiger partial charge on any atom is -0.495 e. The Morgan fingerprint density at radius 1 is 1.09 bits per heavy atom. The molecule has 9 nitrogen and oxygen atoms in total. The van der Waals surface area contributed by atoms with Crippen LogP contribution in [-0.2, 0) is 0 Å². The van der Waals surface area contributed by atoms with Gasteiger partial charge in [-0.15, -0.1) is 0 Å². The van der Waals surface area contributed by atoms with Crippen molar-refractivity contribution >= 4 is 29.0 Å². The van der Waals surface area contributed by atoms with Gasteiger partial charge < -0.3 is 30.1 Å². The topological polar surface area (TPSA) is 85.9 Å². The first-order valence-corrected chi connectivity index (χ1v) is 11.2. The molecule has 0 bridgehead atoms. The summed E-state index contributed by atoms with van der Waals surface area (Å²) in [7, 11) is 7.82. The van der Waals surface area contributed by atoms with Crippen LogP contribution in [0.2, 0.25) is 0 Å². The molecule has 1 fully saturated rings. The number of anilines is 4. The molecule has 2 aromatic rings. The summed E-state index contributed by atoms with van der Waals surface area (Å²) in [5.74, 6) is 1.89. The number of nitrogens with one attached hydrogen (secondary N) is 2. The number of carbonyl (C=O) groups is 1. The smallest absolute Gasteiger partial charge is 0.251 e. The zero-order chi connectivity index (χ0) is 22.7. The van der Waals surface area contributed by atoms with Crippen molar-refractivity contribution in [1.82, 2.24) is 20.2 Å². The van der Waals surface area contributed by atoms with Gasteiger partial charge in [0.2, 0.25) is 5.95 Å². The van der Waals surface area contributed by atoms with Crippen molar-refractivity contribution in [3.05, 3.63) is 30.0 Å². The third-order valence-corrected chi connectivity index (χ3v) is 6.27. The zero-order valence-corrected chi connectivity index (χ0v) is 19.4. The second-order valence-electron chi connectivity index (χ2n) is 8.69. The fraction of sp³-hybridized carbons (Fsp3) is 0.522. The van der Waals surface area contributed by atoms with E-state index in [1.807, 2.05) is 19.3 Å². The molecule has 9 heteroatoms. The molecule has 0 spiro atoms. The summed E-state index contributed by atoms with van der Waals surface area (Å²) in [4.78, 5) is 28.6. The summed E-state index contributed by atoms with van der Waals surface area (Å²) < 4.78 is 5.56. The van der Waals surface area contributed by atoms with E-state index < -0.39 is 0 Å². The van der Waals surface area contributed by atoms with E-state index in [0.717, 1.165) is 56.9 Å². The van der Waals surface area contributed by atoms with Gasteiger partial charge in [0.25, 0.3) is 5.91 Å². The van der Waals surface area contributed by atoms with E-state index in [1.165, 1.54) is 0 Å². The van der Waals surface area contributed by atoms with Gasteiger partial charge in [-0.1, -0.05) is 0 Å². The van der Waals surface area contributed by atoms with Gasteiger partial charge in [-0.3, -0.25) is 4.79 Å². The van der Waals surface area contributed by atoms with Crippen molar-refractivity contribution in [2.75, 3.05) is 69.5 Å². The van der Waals surface area contributed by atoms with E-state index in [1.54, 1.807) is 19.2 Å². The number of aromatic nitrogens is 2. The van der Waals surface area contributed by atoms with Gasteiger partial charge in [-0.25, -0.2) is 4.98 Å². The van der Waals surface area contributed by atoms with Crippen LogP contribution in [0.15, 0.2) is 24.4 Å². The maximum Gasteiger partial charge on any atom is 0.251 e. The summed E-state index contributed by atoms with van der Waals surface area (Å²) in [5, 5.41) is 6.40. The lowest BCUT2D eigenvalue weighted by molar-refractivity contribution is 0.0916. The van der Waals surface area contributed by atoms with Crippen LogP contribution in [0.5, 0.6) is 5.75 Å². The van der Waals surface area contributed by atoms with E-state index in [4.69, 9.17) is 9.72 Å². The maximum absolute atomic E-state index is 12.8. The lowest BCUT2D eigenvalue weighted by atomic mass is 10.0. The minimum atomic E-state index is -0.0738. The standard InChI is InChI=1S/C23H33N7O2/c1-28-12-8-17(9-13-28)25-22(31)16-6-7-18(20(14-16)32-4)26-23-24-15-19-21(27-23)30(3)11-5-10-29(19)2/h6-7,14-15,17H,5,8-13H2,1-4H3,(H,25,31)(H,24,26,27). The van der Waals surface area contributed by atoms with Crippen LogP contribution >= 0.6 is 0 Å². The summed E-state index contributed by atoms with van der Waals surface area (Å²) in [6.45, 7) is 3.92. The molecular formula is C23H33N7O2. The van der Waals surface area contributed by atoms with E-state index in [0.29, 0.717) is 22.9 Å². The van der Waals surface area contributed by atoms with E-state index in [-0.39, 0.29) is 11.9 Å². The fourth-order valence-corrected chi connectivity index (χ4v) is 4.23. The molecule has 1 amide bonds. The molecule has 2 aliphatic heterocycles. The van der Waals surface area contributed by atoms with Crippen LogP contribution in [-0.4, -0.2) is 81.2 Å². The number of hydrogen-bond donors (Lipinski definition) is 2. The molecule has 0 unspecified atom stereocenters. The van der Waals surface area contributed by atoms with Gasteiger partial charge in [0.15, 0.2) is 5.82 Å². The average molecular weight is 440 g/mol. The maximum atomic E-state index is 12.8. The molecule has 0 saturated carbocycles. The van der Waals surface area contributed by atoms with Crippen molar-refractivity contribution in [2.45, 2.75) is 25.3 Å². The third kappa shape index (κ3) is 4.88. The number of fused-ring (bicyclic) bond motifs is 1. The molecule has 2 aliphatic rings. The van der Waals surface area contributed by atoms with Crippen molar-refractivity contribution in [1.29, 1.82) is 0 Å². The van der Waals surface area contributed by atoms with Gasteiger partial charge >= 0.3 is 0 Å². The van der Waals surface area contributed by atoms with Crippen LogP contribution in [0.25, 0.3) is 0 Å². The number of ether oxygens (including phenoxy) is 1. The molecular weight excluding hydrogens is 406 g/mol. The molecule has 4 rings (SSSR count). The predicted molar refractivity (Wildman–Crippen MR) is 127 cm³/mol. The van der Waals surface area contributed by atoms with Crippen LogP contribution in [0.3, 0.4) is 0 Å². The number of benzene rings is 1. The van der Waals surface area contributed by atoms with Gasteiger partial charge in [0.05, 0.1) is 24.7 Å². The second-order valence-corrected chi connectivity index (χ2v) is 8.69. The number of nitrogens with zero attached hydrogens (tertiary/aromatic N) is 5. The van der Waals surface area contributed by atoms with Crippen molar-refractivity contribution in [3.8, 4) is 5.75 Å². The molecule has 1 saturated heterocycles. The first-order valence-electron chi connectivity index (χ1n) is 11.2. The summed E-state index contributed by atoms with van der Waals surface area (Å²) >= 11 is 0. The van der Waals surface area contributed by atoms with Crippen LogP contribution in [0.4, 0.5) is 23.1 Å². The van der Waals surface area contributed by atoms with E-state index in [2.05, 4.69) is 44.4 Å². The van der Waals surface area contributed by atoms with Gasteiger partial charge in [-0.2, -0.15) is 4.98 Å². The normalized spacial score (nSPS) is 17.5. The Labute approximate surface area is 189 Å². The van der Waals surface area contributed by atoms with Crippen LogP contribution in [0, 0.1) is 0 Å². The number of piperidine rings is 1. The first-order chi connectivity index (χ1) is 15.4. The Morgan fingerprint density at radius 2 is 1.84 bits per heavy atom. The number of amides is 1. The summed E-state index contributed by atoms with van der Waals surface area (Å²) in [6.07, 6.45) is 4.86. The molecule has 1 aromatic carbocycles. The lowest BCUT2D eigenvalue weighted by Crippen LogP contribution is -2.43. The molecule has 172 valence electrons. The van der Waals surface area contributed by atoms with Gasteiger partial charge in [-0.05, 0) is 57.6 Å². The molecule has 1 aromatic heterocycles. The zero-order valence-electron chi connectivity index (χ0n) is 19.4. The number of hydrogen-bond acceptors (Lipinski definition) is 8. The third-order valence-electron chi connectivity index (χ3n) is 6.27. The number of likely N-dealkylation sites (tertiary alicyclic amines) is 1. The van der Waals surface area contributed by atoms with Crippen LogP contribution < -0.4 is 25.2 Å². The predicted octanol–water partition coefficient (Wildman–Crippen LogP) is 2.33. The highest BCUT2D eigenvalue weighted by Crippen LogP contribution is 2.32. The Bertz CT molecular complexity index is 959.